The lowest BCUT2D eigenvalue weighted by Crippen LogP contribution is -2.29. The van der Waals surface area contributed by atoms with Gasteiger partial charge in [0.1, 0.15) is 34.4 Å². The molecule has 6 N–H and O–H groups in total. The van der Waals surface area contributed by atoms with Crippen molar-refractivity contribution in [3.8, 4) is 27.9 Å². The predicted octanol–water partition coefficient (Wildman–Crippen LogP) is 5.24. The minimum atomic E-state index is -0.857. The Morgan fingerprint density at radius 1 is 1.24 bits per heavy atom. The van der Waals surface area contributed by atoms with Gasteiger partial charge in [0.25, 0.3) is 5.89 Å². The lowest BCUT2D eigenvalue weighted by molar-refractivity contribution is 0.112. The highest BCUT2D eigenvalue weighted by atomic mass is 32.1. The number of allylic oxidation sites excluding steroid dienone is 1. The summed E-state index contributed by atoms with van der Waals surface area (Å²) in [5.74, 6) is -0.961. The Bertz CT molecular complexity index is 1530. The number of ether oxygens (including phenoxy) is 1. The first kappa shape index (κ1) is 30.5. The van der Waals surface area contributed by atoms with Crippen molar-refractivity contribution in [1.82, 2.24) is 20.4 Å². The number of urea groups is 1. The van der Waals surface area contributed by atoms with E-state index in [-0.39, 0.29) is 44.6 Å². The molecule has 0 saturated carbocycles. The highest BCUT2D eigenvalue weighted by molar-refractivity contribution is 7.19. The molecule has 0 radical (unpaired) electrons. The van der Waals surface area contributed by atoms with Gasteiger partial charge in [-0.25, -0.2) is 18.6 Å². The molecule has 12 nitrogen and oxygen atoms in total. The molecule has 2 amide bonds. The van der Waals surface area contributed by atoms with Crippen LogP contribution in [0.1, 0.15) is 23.2 Å². The molecule has 2 heterocycles. The molecule has 0 aliphatic heterocycles. The Labute approximate surface area is 237 Å². The Morgan fingerprint density at radius 2 is 2.02 bits per heavy atom. The zero-order valence-electron chi connectivity index (χ0n) is 22.0. The summed E-state index contributed by atoms with van der Waals surface area (Å²) in [5.41, 5.74) is 6.52. The molecule has 0 aliphatic carbocycles. The van der Waals surface area contributed by atoms with Crippen LogP contribution in [-0.4, -0.2) is 53.3 Å². The maximum absolute atomic E-state index is 14.2. The molecular formula is C26H27F2N7O5S. The van der Waals surface area contributed by atoms with E-state index in [4.69, 9.17) is 20.1 Å². The van der Waals surface area contributed by atoms with E-state index in [9.17, 15) is 18.4 Å². The van der Waals surface area contributed by atoms with Crippen LogP contribution < -0.4 is 26.4 Å². The fraction of sp³-hybridized carbons (Fsp3) is 0.192. The van der Waals surface area contributed by atoms with E-state index < -0.39 is 17.7 Å². The number of hydrogen-bond acceptors (Lipinski definition) is 11. The van der Waals surface area contributed by atoms with E-state index in [2.05, 4.69) is 37.7 Å². The van der Waals surface area contributed by atoms with E-state index in [0.29, 0.717) is 30.7 Å². The van der Waals surface area contributed by atoms with Crippen LogP contribution in [0, 0.1) is 11.6 Å². The quantitative estimate of drug-likeness (QED) is 0.0936. The number of aliphatic hydroxyl groups is 1. The smallest absolute Gasteiger partial charge is 0.321 e. The molecule has 4 aromatic rings. The van der Waals surface area contributed by atoms with Gasteiger partial charge in [0.2, 0.25) is 5.82 Å². The van der Waals surface area contributed by atoms with E-state index >= 15 is 0 Å². The third-order valence-corrected chi connectivity index (χ3v) is 6.19. The van der Waals surface area contributed by atoms with Gasteiger partial charge in [0, 0.05) is 31.6 Å². The number of aldehydes is 1. The topological polar surface area (TPSA) is 178 Å². The number of thiazole rings is 1. The number of nitrogens with one attached hydrogen (secondary N) is 3. The number of methoxy groups -OCH3 is 1. The van der Waals surface area contributed by atoms with Crippen LogP contribution in [0.2, 0.25) is 0 Å². The summed E-state index contributed by atoms with van der Waals surface area (Å²) in [6.45, 7) is 3.69. The Balaban J connectivity index is 0.000000389. The molecule has 41 heavy (non-hydrogen) atoms. The highest BCUT2D eigenvalue weighted by Gasteiger charge is 2.21. The van der Waals surface area contributed by atoms with Gasteiger partial charge in [-0.3, -0.25) is 10.1 Å². The van der Waals surface area contributed by atoms with Crippen LogP contribution in [0.15, 0.2) is 53.3 Å². The van der Waals surface area contributed by atoms with Gasteiger partial charge >= 0.3 is 6.03 Å². The summed E-state index contributed by atoms with van der Waals surface area (Å²) in [4.78, 5) is 30.6. The van der Waals surface area contributed by atoms with Crippen molar-refractivity contribution >= 4 is 40.3 Å². The second-order valence-electron chi connectivity index (χ2n) is 8.16. The zero-order valence-corrected chi connectivity index (χ0v) is 22.8. The minimum absolute atomic E-state index is 0.0302. The van der Waals surface area contributed by atoms with Crippen LogP contribution in [0.5, 0.6) is 5.75 Å². The molecule has 15 heteroatoms. The number of aliphatic hydroxyl groups excluding tert-OH is 1. The van der Waals surface area contributed by atoms with Crippen LogP contribution in [0.25, 0.3) is 22.2 Å². The van der Waals surface area contributed by atoms with Crippen LogP contribution in [0.4, 0.5) is 30.2 Å². The molecular weight excluding hydrogens is 560 g/mol. The minimum Gasteiger partial charge on any atom is -0.513 e. The zero-order chi connectivity index (χ0) is 29.9. The molecule has 0 atom stereocenters. The summed E-state index contributed by atoms with van der Waals surface area (Å²) < 4.78 is 37.9. The third-order valence-electron chi connectivity index (χ3n) is 5.22. The second kappa shape index (κ2) is 14.4. The fourth-order valence-corrected chi connectivity index (χ4v) is 4.03. The van der Waals surface area contributed by atoms with Crippen molar-refractivity contribution in [1.29, 1.82) is 0 Å². The van der Waals surface area contributed by atoms with Crippen molar-refractivity contribution in [2.75, 3.05) is 37.1 Å². The maximum atomic E-state index is 14.2. The van der Waals surface area contributed by atoms with Gasteiger partial charge in [0.15, 0.2) is 5.13 Å². The predicted molar refractivity (Wildman–Crippen MR) is 151 cm³/mol. The van der Waals surface area contributed by atoms with Gasteiger partial charge in [-0.1, -0.05) is 35.2 Å². The number of benzene rings is 2. The number of nitrogen functional groups attached to an aromatic ring is 1. The van der Waals surface area contributed by atoms with E-state index in [1.807, 2.05) is 0 Å². The van der Waals surface area contributed by atoms with Gasteiger partial charge in [-0.05, 0) is 24.6 Å². The number of nitrogens with two attached hydrogens (primary N) is 1. The number of aromatic nitrogens is 3. The number of halogens is 2. The normalized spacial score (nSPS) is 10.2. The SMILES string of the molecule is C=C(O)CCCNC(=O)Nc1nc(N)c(-c2nc(-c3cc(NC)c(F)cc3F)no2)s1.COc1cccc(C=O)c1. The third kappa shape index (κ3) is 8.47. The average Bonchev–Trinajstić information content (AvgIpc) is 3.57. The number of nitrogens with zero attached hydrogens (tertiary/aromatic N) is 3. The first-order valence-corrected chi connectivity index (χ1v) is 12.7. The number of hydrogen-bond donors (Lipinski definition) is 5. The second-order valence-corrected chi connectivity index (χ2v) is 9.16. The standard InChI is InChI=1S/C18H19F2N7O3S.C8H8O2/c1-8(28)4-3-5-23-17(29)26-18-24-14(21)13(31-18)16-25-15(27-30-16)9-6-12(22-2)11(20)7-10(9)19;1-10-8-4-2-3-7(5-8)6-9/h6-7,22,28H,1,3-5,21H2,2H3,(H2,23,24,26,29);2-6H,1H3. The summed E-state index contributed by atoms with van der Waals surface area (Å²) in [7, 11) is 3.07. The first-order valence-electron chi connectivity index (χ1n) is 11.9. The largest absolute Gasteiger partial charge is 0.513 e. The summed E-state index contributed by atoms with van der Waals surface area (Å²) in [5, 5.41) is 20.6. The highest BCUT2D eigenvalue weighted by Crippen LogP contribution is 2.35. The van der Waals surface area contributed by atoms with Gasteiger partial charge in [-0.2, -0.15) is 4.98 Å². The van der Waals surface area contributed by atoms with Crippen LogP contribution in [-0.2, 0) is 0 Å². The van der Waals surface area contributed by atoms with Crippen LogP contribution in [0.3, 0.4) is 0 Å². The van der Waals surface area contributed by atoms with Crippen LogP contribution >= 0.6 is 11.3 Å². The monoisotopic (exact) mass is 587 g/mol. The Morgan fingerprint density at radius 3 is 2.71 bits per heavy atom. The van der Waals surface area contributed by atoms with Crippen molar-refractivity contribution in [3.05, 3.63) is 65.9 Å². The van der Waals surface area contributed by atoms with Crippen molar-refractivity contribution < 1.29 is 32.7 Å². The Hall–Kier alpha value is -5.05. The van der Waals surface area contributed by atoms with Gasteiger partial charge in [-0.15, -0.1) is 0 Å². The fourth-order valence-electron chi connectivity index (χ4n) is 3.23. The molecule has 0 bridgehead atoms. The lowest BCUT2D eigenvalue weighted by Gasteiger charge is -2.04. The number of amides is 2. The summed E-state index contributed by atoms with van der Waals surface area (Å²) >= 11 is 0.983. The molecule has 4 rings (SSSR count). The van der Waals surface area contributed by atoms with Gasteiger partial charge < -0.3 is 30.7 Å². The summed E-state index contributed by atoms with van der Waals surface area (Å²) in [6, 6.07) is 8.43. The molecule has 0 unspecified atom stereocenters. The Kier molecular flexibility index (Phi) is 10.7. The van der Waals surface area contributed by atoms with Gasteiger partial charge in [0.05, 0.1) is 24.1 Å². The molecule has 0 aliphatic rings. The molecule has 2 aromatic carbocycles. The molecule has 0 spiro atoms. The lowest BCUT2D eigenvalue weighted by atomic mass is 10.1. The maximum Gasteiger partial charge on any atom is 0.321 e. The molecule has 0 saturated heterocycles. The number of carbonyl (C=O) groups excluding carboxylic acids is 2. The summed E-state index contributed by atoms with van der Waals surface area (Å²) in [6.07, 6.45) is 1.69. The first-order chi connectivity index (χ1) is 19.6. The van der Waals surface area contributed by atoms with E-state index in [0.717, 1.165) is 23.7 Å². The molecule has 0 fully saturated rings. The van der Waals surface area contributed by atoms with Crippen molar-refractivity contribution in [2.45, 2.75) is 12.8 Å². The number of anilines is 3. The van der Waals surface area contributed by atoms with Crippen molar-refractivity contribution in [2.24, 2.45) is 0 Å². The number of carbonyl (C=O) groups is 2. The molecule has 216 valence electrons. The molecule has 2 aromatic heterocycles. The number of rotatable bonds is 10. The average molecular weight is 588 g/mol. The van der Waals surface area contributed by atoms with Crippen molar-refractivity contribution in [3.63, 3.8) is 0 Å². The van der Waals surface area contributed by atoms with E-state index in [1.54, 1.807) is 31.4 Å². The van der Waals surface area contributed by atoms with E-state index in [1.165, 1.54) is 13.1 Å².